The minimum Gasteiger partial charge on any atom is -0.510 e. The number of aromatic hydroxyl groups is 1. The Morgan fingerprint density at radius 2 is 1.73 bits per heavy atom. The second-order valence-corrected chi connectivity index (χ2v) is 10.6. The molecule has 4 atom stereocenters. The quantitative estimate of drug-likeness (QED) is 0.299. The third-order valence-electron chi connectivity index (χ3n) is 8.23. The largest absolute Gasteiger partial charge is 0.510 e. The van der Waals surface area contributed by atoms with Gasteiger partial charge >= 0.3 is 6.09 Å². The first-order valence-corrected chi connectivity index (χ1v) is 12.8. The Morgan fingerprint density at radius 3 is 2.32 bits per heavy atom. The highest BCUT2D eigenvalue weighted by Gasteiger charge is 2.63. The molecule has 0 aliphatic heterocycles. The van der Waals surface area contributed by atoms with Crippen LogP contribution < -0.4 is 11.1 Å². The molecular formula is C29H29N3O9. The van der Waals surface area contributed by atoms with Gasteiger partial charge in [0.2, 0.25) is 5.78 Å². The summed E-state index contributed by atoms with van der Waals surface area (Å²) < 4.78 is 4.60. The van der Waals surface area contributed by atoms with Crippen LogP contribution in [0, 0.1) is 11.8 Å². The van der Waals surface area contributed by atoms with Crippen molar-refractivity contribution < 1.29 is 44.3 Å². The molecule has 3 aliphatic carbocycles. The number of nitrogens with one attached hydrogen (secondary N) is 1. The van der Waals surface area contributed by atoms with Crippen molar-refractivity contribution in [3.63, 3.8) is 0 Å². The molecule has 214 valence electrons. The summed E-state index contributed by atoms with van der Waals surface area (Å²) in [5, 5.41) is 47.3. The number of carbonyl (C=O) groups is 4. The maximum absolute atomic E-state index is 13.9. The lowest BCUT2D eigenvalue weighted by Gasteiger charge is -2.50. The van der Waals surface area contributed by atoms with Gasteiger partial charge in [-0.15, -0.1) is 0 Å². The predicted molar refractivity (Wildman–Crippen MR) is 145 cm³/mol. The van der Waals surface area contributed by atoms with E-state index in [0.29, 0.717) is 22.4 Å². The zero-order valence-corrected chi connectivity index (χ0v) is 22.5. The van der Waals surface area contributed by atoms with Crippen molar-refractivity contribution in [2.24, 2.45) is 17.6 Å². The van der Waals surface area contributed by atoms with Crippen molar-refractivity contribution in [1.29, 1.82) is 0 Å². The third kappa shape index (κ3) is 4.06. The summed E-state index contributed by atoms with van der Waals surface area (Å²) >= 11 is 0. The lowest BCUT2D eigenvalue weighted by atomic mass is 9.58. The fourth-order valence-electron chi connectivity index (χ4n) is 6.42. The molecule has 2 aromatic carbocycles. The normalized spacial score (nSPS) is 25.4. The van der Waals surface area contributed by atoms with Crippen LogP contribution in [-0.2, 0) is 20.7 Å². The van der Waals surface area contributed by atoms with Gasteiger partial charge in [0, 0.05) is 17.2 Å². The summed E-state index contributed by atoms with van der Waals surface area (Å²) in [6, 6.07) is 8.66. The lowest BCUT2D eigenvalue weighted by Crippen LogP contribution is -2.63. The molecule has 0 unspecified atom stereocenters. The third-order valence-corrected chi connectivity index (χ3v) is 8.23. The summed E-state index contributed by atoms with van der Waals surface area (Å²) in [5.74, 6) is -7.02. The number of anilines is 1. The Hall–Kier alpha value is -4.68. The number of allylic oxidation sites excluding steroid dienone is 1. The number of fused-ring (bicyclic) bond motifs is 3. The van der Waals surface area contributed by atoms with E-state index < -0.39 is 64.1 Å². The first-order chi connectivity index (χ1) is 19.3. The van der Waals surface area contributed by atoms with Gasteiger partial charge in [-0.1, -0.05) is 18.2 Å². The number of hydrogen-bond acceptors (Lipinski definition) is 10. The number of nitrogens with two attached hydrogens (primary N) is 1. The maximum Gasteiger partial charge on any atom is 0.411 e. The van der Waals surface area contributed by atoms with Gasteiger partial charge < -0.3 is 30.9 Å². The van der Waals surface area contributed by atoms with E-state index >= 15 is 0 Å². The fourth-order valence-corrected chi connectivity index (χ4v) is 6.42. The number of nitrogens with zero attached hydrogens (tertiary/aromatic N) is 1. The Kier molecular flexibility index (Phi) is 6.63. The van der Waals surface area contributed by atoms with Gasteiger partial charge in [0.05, 0.1) is 18.7 Å². The van der Waals surface area contributed by atoms with Crippen molar-refractivity contribution in [3.05, 3.63) is 70.2 Å². The number of Topliss-reactive ketones (excluding diaryl/α,β-unsaturated/α-hetero) is 2. The molecule has 0 saturated heterocycles. The number of hydrogen-bond donors (Lipinski definition) is 6. The number of carbonyl (C=O) groups excluding carboxylic acids is 4. The van der Waals surface area contributed by atoms with Crippen molar-refractivity contribution in [1.82, 2.24) is 4.90 Å². The second-order valence-electron chi connectivity index (χ2n) is 10.6. The van der Waals surface area contributed by atoms with Crippen LogP contribution in [0.2, 0.25) is 0 Å². The number of ether oxygens (including phenoxy) is 1. The SMILES string of the molecule is COC(=O)Nc1ccc(-c2ccc(O)c3c2C[C@H]2C[C@H]4[C@H](N(C)C)C(O)=C(C(N)=O)C(=O)[C@@]4(O)C(O)=C2C3=O)cc1. The average Bonchev–Trinajstić information content (AvgIpc) is 2.91. The van der Waals surface area contributed by atoms with Crippen molar-refractivity contribution >= 4 is 29.3 Å². The van der Waals surface area contributed by atoms with Crippen LogP contribution in [0.15, 0.2) is 59.1 Å². The topological polar surface area (TPSA) is 200 Å². The van der Waals surface area contributed by atoms with Crippen LogP contribution in [0.1, 0.15) is 22.3 Å². The number of phenols is 1. The van der Waals surface area contributed by atoms with Gasteiger partial charge in [0.15, 0.2) is 11.4 Å². The van der Waals surface area contributed by atoms with Gasteiger partial charge in [-0.3, -0.25) is 24.6 Å². The maximum atomic E-state index is 13.9. The minimum absolute atomic E-state index is 0.0111. The molecule has 0 spiro atoms. The molecule has 0 radical (unpaired) electrons. The molecule has 0 aromatic heterocycles. The molecule has 0 fully saturated rings. The molecule has 0 saturated carbocycles. The average molecular weight is 564 g/mol. The van der Waals surface area contributed by atoms with Crippen LogP contribution >= 0.6 is 0 Å². The van der Waals surface area contributed by atoms with E-state index in [2.05, 4.69) is 10.1 Å². The first-order valence-electron chi connectivity index (χ1n) is 12.8. The number of amides is 2. The van der Waals surface area contributed by atoms with Crippen LogP contribution in [0.5, 0.6) is 5.75 Å². The van der Waals surface area contributed by atoms with E-state index in [9.17, 15) is 39.6 Å². The standard InChI is InChI=1S/C29H29N3O9/c1-32(2)22-17-11-13-10-16-15(12-4-6-14(7-5-12)31-28(39)41-3)8-9-18(33)20(16)23(34)19(13)25(36)29(17,40)26(37)21(24(22)35)27(30)38/h4-9,13,17,22,33,35-36,40H,10-11H2,1-3H3,(H2,30,38)(H,31,39)/t13-,17-,22-,29-/m0/s1. The molecule has 3 aliphatic rings. The number of rotatable bonds is 4. The highest BCUT2D eigenvalue weighted by molar-refractivity contribution is 6.25. The molecule has 12 nitrogen and oxygen atoms in total. The van der Waals surface area contributed by atoms with Crippen LogP contribution in [0.4, 0.5) is 10.5 Å². The van der Waals surface area contributed by atoms with Gasteiger partial charge in [-0.2, -0.15) is 0 Å². The monoisotopic (exact) mass is 563 g/mol. The summed E-state index contributed by atoms with van der Waals surface area (Å²) in [7, 11) is 4.39. The predicted octanol–water partition coefficient (Wildman–Crippen LogP) is 1.97. The van der Waals surface area contributed by atoms with Gasteiger partial charge in [0.25, 0.3) is 5.91 Å². The number of aliphatic hydroxyl groups excluding tert-OH is 2. The van der Waals surface area contributed by atoms with Crippen molar-refractivity contribution in [2.45, 2.75) is 24.5 Å². The van der Waals surface area contributed by atoms with Gasteiger partial charge in [-0.05, 0) is 67.7 Å². The zero-order valence-electron chi connectivity index (χ0n) is 22.5. The molecule has 7 N–H and O–H groups in total. The van der Waals surface area contributed by atoms with Crippen LogP contribution in [0.25, 0.3) is 11.1 Å². The first kappa shape index (κ1) is 27.9. The smallest absolute Gasteiger partial charge is 0.411 e. The molecule has 0 heterocycles. The number of aliphatic hydroxyl groups is 3. The minimum atomic E-state index is -2.69. The number of ketones is 2. The molecule has 41 heavy (non-hydrogen) atoms. The van der Waals surface area contributed by atoms with Crippen LogP contribution in [-0.4, -0.2) is 81.7 Å². The summed E-state index contributed by atoms with van der Waals surface area (Å²) in [6.07, 6.45) is -0.494. The number of phenolic OH excluding ortho intramolecular Hbond substituents is 1. The fraction of sp³-hybridized carbons (Fsp3) is 0.310. The Morgan fingerprint density at radius 1 is 1.07 bits per heavy atom. The molecule has 0 bridgehead atoms. The van der Waals surface area contributed by atoms with E-state index in [4.69, 9.17) is 5.73 Å². The highest BCUT2D eigenvalue weighted by atomic mass is 16.5. The zero-order chi connectivity index (χ0) is 30.0. The van der Waals surface area contributed by atoms with E-state index in [1.54, 1.807) is 44.4 Å². The van der Waals surface area contributed by atoms with Crippen molar-refractivity contribution in [2.75, 3.05) is 26.5 Å². The number of likely N-dealkylation sites (N-methyl/N-ethyl adjacent to an activating group) is 1. The summed E-state index contributed by atoms with van der Waals surface area (Å²) in [5.41, 5.74) is 3.78. The van der Waals surface area contributed by atoms with Crippen LogP contribution in [0.3, 0.4) is 0 Å². The highest BCUT2D eigenvalue weighted by Crippen LogP contribution is 2.53. The van der Waals surface area contributed by atoms with Crippen molar-refractivity contribution in [3.8, 4) is 16.9 Å². The van der Waals surface area contributed by atoms with E-state index in [1.165, 1.54) is 18.1 Å². The van der Waals surface area contributed by atoms with Gasteiger partial charge in [-0.25, -0.2) is 4.79 Å². The molecular weight excluding hydrogens is 534 g/mol. The molecule has 2 aromatic rings. The Balaban J connectivity index is 1.64. The number of benzene rings is 2. The lowest BCUT2D eigenvalue weighted by molar-refractivity contribution is -0.148. The Labute approximate surface area is 234 Å². The van der Waals surface area contributed by atoms with Gasteiger partial charge in [0.1, 0.15) is 22.8 Å². The van der Waals surface area contributed by atoms with E-state index in [-0.39, 0.29) is 29.7 Å². The second kappa shape index (κ2) is 9.75. The molecule has 2 amide bonds. The van der Waals surface area contributed by atoms with E-state index in [1.807, 2.05) is 0 Å². The number of primary amides is 1. The van der Waals surface area contributed by atoms with E-state index in [0.717, 1.165) is 0 Å². The summed E-state index contributed by atoms with van der Waals surface area (Å²) in [4.78, 5) is 52.4. The number of methoxy groups -OCH3 is 1. The molecule has 12 heteroatoms. The molecule has 5 rings (SSSR count). The summed E-state index contributed by atoms with van der Waals surface area (Å²) in [6.45, 7) is 0. The Bertz CT molecular complexity index is 1570.